The van der Waals surface area contributed by atoms with Gasteiger partial charge in [-0.2, -0.15) is 0 Å². The van der Waals surface area contributed by atoms with Gasteiger partial charge in [0.1, 0.15) is 12.2 Å². The molecule has 0 unspecified atom stereocenters. The summed E-state index contributed by atoms with van der Waals surface area (Å²) in [5, 5.41) is 7.97. The molecule has 1 aromatic carbocycles. The Morgan fingerprint density at radius 3 is 3.29 bits per heavy atom. The summed E-state index contributed by atoms with van der Waals surface area (Å²) < 4.78 is 3.15. The second-order valence-electron chi connectivity index (χ2n) is 3.02. The first-order valence-electron chi connectivity index (χ1n) is 4.16. The van der Waals surface area contributed by atoms with Crippen LogP contribution in [0.5, 0.6) is 0 Å². The molecule has 1 aliphatic rings. The topological polar surface area (TPSA) is 30.7 Å². The van der Waals surface area contributed by atoms with E-state index in [2.05, 4.69) is 38.3 Å². The smallest absolute Gasteiger partial charge is 0.147 e. The minimum atomic E-state index is 0.892. The van der Waals surface area contributed by atoms with E-state index in [0.29, 0.717) is 0 Å². The van der Waals surface area contributed by atoms with Gasteiger partial charge in [0.05, 0.1) is 11.4 Å². The van der Waals surface area contributed by atoms with Crippen molar-refractivity contribution in [1.29, 1.82) is 0 Å². The fourth-order valence-corrected chi connectivity index (χ4v) is 3.02. The maximum Gasteiger partial charge on any atom is 0.147 e. The summed E-state index contributed by atoms with van der Waals surface area (Å²) in [5.74, 6) is 1.91. The van der Waals surface area contributed by atoms with Crippen molar-refractivity contribution in [3.05, 3.63) is 34.8 Å². The summed E-state index contributed by atoms with van der Waals surface area (Å²) in [6.45, 7) is 0. The second kappa shape index (κ2) is 3.10. The Kier molecular flexibility index (Phi) is 1.88. The van der Waals surface area contributed by atoms with Crippen molar-refractivity contribution in [3.8, 4) is 5.69 Å². The van der Waals surface area contributed by atoms with Crippen molar-refractivity contribution < 1.29 is 0 Å². The molecule has 0 saturated heterocycles. The minimum absolute atomic E-state index is 0.892. The van der Waals surface area contributed by atoms with E-state index in [1.807, 2.05) is 10.6 Å². The molecule has 70 valence electrons. The Labute approximate surface area is 93.7 Å². The van der Waals surface area contributed by atoms with Crippen LogP contribution in [0.4, 0.5) is 0 Å². The molecule has 3 rings (SSSR count). The molecule has 3 nitrogen and oxygen atoms in total. The third-order valence-electron chi connectivity index (χ3n) is 2.16. The van der Waals surface area contributed by atoms with Gasteiger partial charge in [-0.3, -0.25) is 4.57 Å². The maximum absolute atomic E-state index is 4.06. The van der Waals surface area contributed by atoms with Gasteiger partial charge >= 0.3 is 0 Å². The molecule has 0 N–H and O–H groups in total. The van der Waals surface area contributed by atoms with Crippen LogP contribution in [-0.4, -0.2) is 14.8 Å². The summed E-state index contributed by atoms with van der Waals surface area (Å²) in [6, 6.07) is 6.25. The molecule has 0 aliphatic carbocycles. The van der Waals surface area contributed by atoms with Gasteiger partial charge in [-0.15, -0.1) is 22.0 Å². The van der Waals surface area contributed by atoms with E-state index < -0.39 is 0 Å². The zero-order valence-corrected chi connectivity index (χ0v) is 9.55. The summed E-state index contributed by atoms with van der Waals surface area (Å²) >= 11 is 5.26. The Balaban J connectivity index is 2.26. The summed E-state index contributed by atoms with van der Waals surface area (Å²) in [6.07, 6.45) is 1.77. The number of aromatic nitrogens is 3. The SMILES string of the molecule is Brc1ccc2c(c1)SCc1nncn1-2. The number of hydrogen-bond acceptors (Lipinski definition) is 3. The standard InChI is InChI=1S/C9H6BrN3S/c10-6-1-2-7-8(3-6)14-4-9-12-11-5-13(7)9/h1-3,5H,4H2. The van der Waals surface area contributed by atoms with Gasteiger partial charge < -0.3 is 0 Å². The molecule has 0 amide bonds. The lowest BCUT2D eigenvalue weighted by molar-refractivity contribution is 0.918. The van der Waals surface area contributed by atoms with E-state index in [1.54, 1.807) is 18.1 Å². The number of thioether (sulfide) groups is 1. The van der Waals surface area contributed by atoms with E-state index >= 15 is 0 Å². The first kappa shape index (κ1) is 8.49. The number of rotatable bonds is 0. The monoisotopic (exact) mass is 267 g/mol. The lowest BCUT2D eigenvalue weighted by Gasteiger charge is -2.16. The minimum Gasteiger partial charge on any atom is -0.284 e. The van der Waals surface area contributed by atoms with Gasteiger partial charge in [-0.05, 0) is 18.2 Å². The van der Waals surface area contributed by atoms with Crippen molar-refractivity contribution in [2.75, 3.05) is 0 Å². The van der Waals surface area contributed by atoms with Gasteiger partial charge in [-0.1, -0.05) is 15.9 Å². The predicted molar refractivity (Wildman–Crippen MR) is 58.6 cm³/mol. The Morgan fingerprint density at radius 2 is 2.36 bits per heavy atom. The molecule has 0 atom stereocenters. The normalized spacial score (nSPS) is 13.5. The van der Waals surface area contributed by atoms with Crippen LogP contribution in [-0.2, 0) is 5.75 Å². The molecule has 1 aromatic heterocycles. The zero-order chi connectivity index (χ0) is 9.54. The van der Waals surface area contributed by atoms with Gasteiger partial charge in [0.25, 0.3) is 0 Å². The molecule has 2 heterocycles. The fourth-order valence-electron chi connectivity index (χ4n) is 1.50. The highest BCUT2D eigenvalue weighted by molar-refractivity contribution is 9.10. The van der Waals surface area contributed by atoms with Crippen molar-refractivity contribution in [1.82, 2.24) is 14.8 Å². The predicted octanol–water partition coefficient (Wildman–Crippen LogP) is 2.64. The third-order valence-corrected chi connectivity index (χ3v) is 3.69. The van der Waals surface area contributed by atoms with E-state index in [1.165, 1.54) is 10.6 Å². The summed E-state index contributed by atoms with van der Waals surface area (Å²) in [5.41, 5.74) is 1.17. The highest BCUT2D eigenvalue weighted by Crippen LogP contribution is 2.35. The third kappa shape index (κ3) is 1.19. The zero-order valence-electron chi connectivity index (χ0n) is 7.14. The highest BCUT2D eigenvalue weighted by Gasteiger charge is 2.16. The quantitative estimate of drug-likeness (QED) is 0.736. The van der Waals surface area contributed by atoms with Crippen molar-refractivity contribution >= 4 is 27.7 Å². The van der Waals surface area contributed by atoms with Crippen LogP contribution >= 0.6 is 27.7 Å². The molecule has 0 radical (unpaired) electrons. The number of halogens is 1. The molecule has 0 bridgehead atoms. The molecule has 0 spiro atoms. The van der Waals surface area contributed by atoms with Crippen molar-refractivity contribution in [3.63, 3.8) is 0 Å². The Morgan fingerprint density at radius 1 is 1.43 bits per heavy atom. The Bertz CT molecular complexity index is 495. The van der Waals surface area contributed by atoms with Gasteiger partial charge in [-0.25, -0.2) is 0 Å². The maximum atomic E-state index is 4.06. The lowest BCUT2D eigenvalue weighted by Crippen LogP contribution is -2.05. The van der Waals surface area contributed by atoms with Crippen LogP contribution in [0.25, 0.3) is 5.69 Å². The number of hydrogen-bond donors (Lipinski definition) is 0. The van der Waals surface area contributed by atoms with Crippen molar-refractivity contribution in [2.24, 2.45) is 0 Å². The molecule has 0 fully saturated rings. The average molecular weight is 268 g/mol. The highest BCUT2D eigenvalue weighted by atomic mass is 79.9. The number of benzene rings is 1. The summed E-state index contributed by atoms with van der Waals surface area (Å²) in [7, 11) is 0. The number of fused-ring (bicyclic) bond motifs is 3. The van der Waals surface area contributed by atoms with E-state index in [4.69, 9.17) is 0 Å². The van der Waals surface area contributed by atoms with Gasteiger partial charge in [0.15, 0.2) is 0 Å². The first-order chi connectivity index (χ1) is 6.84. The average Bonchev–Trinajstić information content (AvgIpc) is 2.65. The van der Waals surface area contributed by atoms with Gasteiger partial charge in [0, 0.05) is 9.37 Å². The lowest BCUT2D eigenvalue weighted by atomic mass is 10.3. The largest absolute Gasteiger partial charge is 0.284 e. The van der Waals surface area contributed by atoms with Gasteiger partial charge in [0.2, 0.25) is 0 Å². The van der Waals surface area contributed by atoms with Crippen LogP contribution in [0.2, 0.25) is 0 Å². The van der Waals surface area contributed by atoms with E-state index in [-0.39, 0.29) is 0 Å². The summed E-state index contributed by atoms with van der Waals surface area (Å²) in [4.78, 5) is 1.27. The molecular weight excluding hydrogens is 262 g/mol. The first-order valence-corrected chi connectivity index (χ1v) is 5.94. The molecule has 5 heteroatoms. The fraction of sp³-hybridized carbons (Fsp3) is 0.111. The molecule has 1 aliphatic heterocycles. The molecule has 14 heavy (non-hydrogen) atoms. The second-order valence-corrected chi connectivity index (χ2v) is 4.95. The Hall–Kier alpha value is -0.810. The molecule has 0 saturated carbocycles. The van der Waals surface area contributed by atoms with Crippen LogP contribution in [0.3, 0.4) is 0 Å². The number of nitrogens with zero attached hydrogens (tertiary/aromatic N) is 3. The van der Waals surface area contributed by atoms with E-state index in [9.17, 15) is 0 Å². The van der Waals surface area contributed by atoms with E-state index in [0.717, 1.165) is 16.0 Å². The van der Waals surface area contributed by atoms with Crippen molar-refractivity contribution in [2.45, 2.75) is 10.6 Å². The van der Waals surface area contributed by atoms with Crippen LogP contribution in [0, 0.1) is 0 Å². The van der Waals surface area contributed by atoms with Crippen LogP contribution < -0.4 is 0 Å². The van der Waals surface area contributed by atoms with Crippen LogP contribution in [0.15, 0.2) is 33.9 Å². The molecular formula is C9H6BrN3S. The van der Waals surface area contributed by atoms with Crippen LogP contribution in [0.1, 0.15) is 5.82 Å². The molecule has 2 aromatic rings.